The van der Waals surface area contributed by atoms with Crippen LogP contribution in [-0.4, -0.2) is 66.1 Å². The van der Waals surface area contributed by atoms with Crippen molar-refractivity contribution < 1.29 is 19.7 Å². The third-order valence-electron chi connectivity index (χ3n) is 6.90. The molecule has 0 bridgehead atoms. The van der Waals surface area contributed by atoms with Crippen LogP contribution in [0.15, 0.2) is 53.4 Å². The van der Waals surface area contributed by atoms with E-state index in [1.165, 1.54) is 28.4 Å². The minimum Gasteiger partial charge on any atom is -0.393 e. The van der Waals surface area contributed by atoms with Crippen molar-refractivity contribution in [2.45, 2.75) is 31.3 Å². The van der Waals surface area contributed by atoms with E-state index in [0.717, 1.165) is 43.3 Å². The molecule has 3 N–H and O–H groups in total. The summed E-state index contributed by atoms with van der Waals surface area (Å²) in [6, 6.07) is 19.4. The van der Waals surface area contributed by atoms with Crippen LogP contribution in [0.5, 0.6) is 0 Å². The number of hydrogen-bond acceptors (Lipinski definition) is 8. The van der Waals surface area contributed by atoms with Crippen molar-refractivity contribution in [3.8, 4) is 17.3 Å². The number of nitrogens with one attached hydrogen (secondary N) is 1. The quantitative estimate of drug-likeness (QED) is 0.321. The van der Waals surface area contributed by atoms with Crippen LogP contribution in [0.2, 0.25) is 0 Å². The Morgan fingerprint density at radius 2 is 1.89 bits per heavy atom. The molecule has 2 aliphatic rings. The SMILES string of the molecule is Cn1c(/C=C(\C#N)SNCC2CC(O)CC(O)O2)ccc1-c1ccc2cc(N3CCOCC3)ccc2c1. The Morgan fingerprint density at radius 1 is 1.11 bits per heavy atom. The fraction of sp³-hybridized carbons (Fsp3) is 0.393. The summed E-state index contributed by atoms with van der Waals surface area (Å²) in [7, 11) is 2.00. The highest BCUT2D eigenvalue weighted by molar-refractivity contribution is 8.01. The minimum absolute atomic E-state index is 0.232. The zero-order valence-corrected chi connectivity index (χ0v) is 21.7. The molecule has 3 unspecified atom stereocenters. The maximum atomic E-state index is 9.80. The molecule has 0 radical (unpaired) electrons. The average Bonchev–Trinajstić information content (AvgIpc) is 3.27. The van der Waals surface area contributed by atoms with Crippen molar-refractivity contribution in [1.82, 2.24) is 9.29 Å². The van der Waals surface area contributed by atoms with Crippen molar-refractivity contribution >= 4 is 34.5 Å². The van der Waals surface area contributed by atoms with Crippen LogP contribution in [0.3, 0.4) is 0 Å². The van der Waals surface area contributed by atoms with Crippen molar-refractivity contribution in [2.75, 3.05) is 37.7 Å². The molecule has 3 heterocycles. The van der Waals surface area contributed by atoms with Crippen molar-refractivity contribution in [2.24, 2.45) is 7.05 Å². The summed E-state index contributed by atoms with van der Waals surface area (Å²) in [5.41, 5.74) is 4.33. The van der Waals surface area contributed by atoms with Gasteiger partial charge in [-0.3, -0.25) is 4.72 Å². The van der Waals surface area contributed by atoms with Crippen LogP contribution in [-0.2, 0) is 16.5 Å². The zero-order valence-electron chi connectivity index (χ0n) is 20.8. The number of rotatable bonds is 7. The standard InChI is InChI=1S/C28H32N4O4S/c1-31-22(14-26(17-29)37-30-18-25-15-24(33)16-28(34)36-25)6-7-27(31)21-3-2-20-13-23(5-4-19(20)12-21)32-8-10-35-11-9-32/h2-7,12-14,24-25,28,30,33-34H,8-11,15-16,18H2,1H3/b26-14+. The summed E-state index contributed by atoms with van der Waals surface area (Å²) >= 11 is 1.22. The lowest BCUT2D eigenvalue weighted by Crippen LogP contribution is -2.39. The molecule has 0 spiro atoms. The van der Waals surface area contributed by atoms with Gasteiger partial charge >= 0.3 is 0 Å². The van der Waals surface area contributed by atoms with Gasteiger partial charge in [-0.05, 0) is 64.7 Å². The highest BCUT2D eigenvalue weighted by Gasteiger charge is 2.26. The maximum absolute atomic E-state index is 9.80. The van der Waals surface area contributed by atoms with Crippen molar-refractivity contribution in [1.29, 1.82) is 5.26 Å². The first-order valence-electron chi connectivity index (χ1n) is 12.6. The second-order valence-corrected chi connectivity index (χ2v) is 10.4. The van der Waals surface area contributed by atoms with Crippen LogP contribution < -0.4 is 9.62 Å². The highest BCUT2D eigenvalue weighted by Crippen LogP contribution is 2.30. The van der Waals surface area contributed by atoms with E-state index < -0.39 is 12.4 Å². The zero-order chi connectivity index (χ0) is 25.8. The smallest absolute Gasteiger partial charge is 0.157 e. The molecule has 2 aromatic carbocycles. The molecule has 5 rings (SSSR count). The number of benzene rings is 2. The average molecular weight is 521 g/mol. The third kappa shape index (κ3) is 6.18. The topological polar surface area (TPSA) is 103 Å². The maximum Gasteiger partial charge on any atom is 0.157 e. The highest BCUT2D eigenvalue weighted by atomic mass is 32.2. The van der Waals surface area contributed by atoms with Crippen LogP contribution in [0.4, 0.5) is 5.69 Å². The van der Waals surface area contributed by atoms with Crippen LogP contribution in [0, 0.1) is 11.3 Å². The van der Waals surface area contributed by atoms with Gasteiger partial charge in [0.1, 0.15) is 11.0 Å². The lowest BCUT2D eigenvalue weighted by molar-refractivity contribution is -0.186. The second kappa shape index (κ2) is 11.7. The van der Waals surface area contributed by atoms with Gasteiger partial charge in [0, 0.05) is 56.6 Å². The Morgan fingerprint density at radius 3 is 2.68 bits per heavy atom. The number of ether oxygens (including phenoxy) is 2. The van der Waals surface area contributed by atoms with Gasteiger partial charge in [-0.25, -0.2) is 0 Å². The van der Waals surface area contributed by atoms with E-state index >= 15 is 0 Å². The van der Waals surface area contributed by atoms with E-state index in [1.54, 1.807) is 0 Å². The molecule has 194 valence electrons. The van der Waals surface area contributed by atoms with Gasteiger partial charge in [0.25, 0.3) is 0 Å². The summed E-state index contributed by atoms with van der Waals surface area (Å²) < 4.78 is 16.1. The molecule has 8 nitrogen and oxygen atoms in total. The largest absolute Gasteiger partial charge is 0.393 e. The first-order valence-corrected chi connectivity index (χ1v) is 13.4. The molecule has 9 heteroatoms. The van der Waals surface area contributed by atoms with Crippen LogP contribution in [0.1, 0.15) is 18.5 Å². The molecule has 0 saturated carbocycles. The van der Waals surface area contributed by atoms with Crippen LogP contribution >= 0.6 is 11.9 Å². The predicted molar refractivity (Wildman–Crippen MR) is 147 cm³/mol. The summed E-state index contributed by atoms with van der Waals surface area (Å²) in [6.45, 7) is 3.80. The number of aliphatic hydroxyl groups excluding tert-OH is 2. The molecule has 0 aliphatic carbocycles. The molecule has 1 aromatic heterocycles. The second-order valence-electron chi connectivity index (χ2n) is 9.46. The number of nitriles is 1. The van der Waals surface area contributed by atoms with Gasteiger partial charge in [-0.2, -0.15) is 5.26 Å². The molecule has 3 aromatic rings. The lowest BCUT2D eigenvalue weighted by atomic mass is 10.0. The molecular weight excluding hydrogens is 488 g/mol. The normalized spacial score (nSPS) is 22.8. The molecule has 2 fully saturated rings. The van der Waals surface area contributed by atoms with Gasteiger partial charge in [-0.1, -0.05) is 18.2 Å². The Kier molecular flexibility index (Phi) is 8.15. The summed E-state index contributed by atoms with van der Waals surface area (Å²) in [5.74, 6) is 0. The van der Waals surface area contributed by atoms with E-state index in [4.69, 9.17) is 9.47 Å². The Hall–Kier alpha value is -2.84. The Bertz CT molecular complexity index is 1300. The van der Waals surface area contributed by atoms with E-state index in [1.807, 2.05) is 19.2 Å². The molecule has 2 aliphatic heterocycles. The summed E-state index contributed by atoms with van der Waals surface area (Å²) in [4.78, 5) is 2.88. The summed E-state index contributed by atoms with van der Waals surface area (Å²) in [6.07, 6.45) is 0.714. The van der Waals surface area contributed by atoms with Crippen molar-refractivity contribution in [3.05, 3.63) is 59.1 Å². The van der Waals surface area contributed by atoms with Gasteiger partial charge < -0.3 is 29.2 Å². The van der Waals surface area contributed by atoms with Gasteiger partial charge in [0.2, 0.25) is 0 Å². The minimum atomic E-state index is -0.949. The van der Waals surface area contributed by atoms with E-state index in [0.29, 0.717) is 17.9 Å². The van der Waals surface area contributed by atoms with Gasteiger partial charge in [0.05, 0.1) is 25.4 Å². The van der Waals surface area contributed by atoms with Crippen molar-refractivity contribution in [3.63, 3.8) is 0 Å². The number of hydrogen-bond donors (Lipinski definition) is 3. The predicted octanol–water partition coefficient (Wildman–Crippen LogP) is 3.64. The number of allylic oxidation sites excluding steroid dienone is 1. The molecule has 37 heavy (non-hydrogen) atoms. The molecule has 2 saturated heterocycles. The first kappa shape index (κ1) is 25.8. The van der Waals surface area contributed by atoms with Gasteiger partial charge in [0.15, 0.2) is 6.29 Å². The number of aliphatic hydroxyl groups is 2. The molecule has 3 atom stereocenters. The Labute approximate surface area is 221 Å². The van der Waals surface area contributed by atoms with Gasteiger partial charge in [-0.15, -0.1) is 0 Å². The number of morpholine rings is 1. The molecule has 0 amide bonds. The molecular formula is C28H32N4O4S. The third-order valence-corrected chi connectivity index (χ3v) is 7.64. The Balaban J connectivity index is 1.27. The lowest BCUT2D eigenvalue weighted by Gasteiger charge is -2.30. The fourth-order valence-corrected chi connectivity index (χ4v) is 5.55. The fourth-order valence-electron chi connectivity index (χ4n) is 4.90. The summed E-state index contributed by atoms with van der Waals surface area (Å²) in [5, 5.41) is 31.5. The van der Waals surface area contributed by atoms with E-state index in [9.17, 15) is 15.5 Å². The number of fused-ring (bicyclic) bond motifs is 1. The number of aromatic nitrogens is 1. The van der Waals surface area contributed by atoms with E-state index in [2.05, 4.69) is 62.7 Å². The monoisotopic (exact) mass is 520 g/mol. The van der Waals surface area contributed by atoms with E-state index in [-0.39, 0.29) is 12.5 Å². The number of anilines is 1. The number of nitrogens with zero attached hydrogens (tertiary/aromatic N) is 3. The van der Waals surface area contributed by atoms with Crippen LogP contribution in [0.25, 0.3) is 28.1 Å². The first-order chi connectivity index (χ1) is 18.0.